The summed E-state index contributed by atoms with van der Waals surface area (Å²) in [6.45, 7) is 3.53. The van der Waals surface area contributed by atoms with Gasteiger partial charge in [0.05, 0.1) is 17.1 Å². The number of anilines is 1. The van der Waals surface area contributed by atoms with Crippen LogP contribution >= 0.6 is 0 Å². The smallest absolute Gasteiger partial charge is 0.407 e. The molecule has 2 aromatic heterocycles. The summed E-state index contributed by atoms with van der Waals surface area (Å²) in [7, 11) is 0. The van der Waals surface area contributed by atoms with Gasteiger partial charge in [-0.2, -0.15) is 0 Å². The molecule has 0 unspecified atom stereocenters. The number of hydrogen-bond acceptors (Lipinski definition) is 7. The average Bonchev–Trinajstić information content (AvgIpc) is 3.31. The predicted octanol–water partition coefficient (Wildman–Crippen LogP) is 4.70. The molecule has 1 amide bonds. The molecule has 0 aliphatic carbocycles. The number of alkyl carbamates (subject to hydrolysis) is 1. The van der Waals surface area contributed by atoms with Crippen LogP contribution in [0, 0.1) is 6.92 Å². The first kappa shape index (κ1) is 21.6. The largest absolute Gasteiger partial charge is 0.507 e. The van der Waals surface area contributed by atoms with Crippen LogP contribution in [0.25, 0.3) is 22.3 Å². The predicted molar refractivity (Wildman–Crippen MR) is 134 cm³/mol. The fraction of sp³-hybridized carbons (Fsp3) is 0.231. The number of benzene rings is 2. The first-order valence-corrected chi connectivity index (χ1v) is 11.2. The van der Waals surface area contributed by atoms with Gasteiger partial charge in [-0.1, -0.05) is 24.3 Å². The third-order valence-corrected chi connectivity index (χ3v) is 5.88. The van der Waals surface area contributed by atoms with Gasteiger partial charge >= 0.3 is 6.09 Å². The van der Waals surface area contributed by atoms with Gasteiger partial charge < -0.3 is 20.1 Å². The van der Waals surface area contributed by atoms with Gasteiger partial charge in [0, 0.05) is 39.3 Å². The number of aryl methyl sites for hydroxylation is 1. The van der Waals surface area contributed by atoms with E-state index in [1.165, 1.54) is 0 Å². The summed E-state index contributed by atoms with van der Waals surface area (Å²) in [5.74, 6) is 1.40. The van der Waals surface area contributed by atoms with Crippen LogP contribution in [0.2, 0.25) is 0 Å². The molecule has 0 saturated carbocycles. The van der Waals surface area contributed by atoms with E-state index in [-0.39, 0.29) is 21.3 Å². The summed E-state index contributed by atoms with van der Waals surface area (Å²) in [5.41, 5.74) is 3.33. The van der Waals surface area contributed by atoms with Crippen molar-refractivity contribution in [3.8, 4) is 17.1 Å². The van der Waals surface area contributed by atoms with Crippen molar-refractivity contribution in [1.82, 2.24) is 20.3 Å². The molecule has 5 rings (SSSR count). The van der Waals surface area contributed by atoms with Gasteiger partial charge in [0.25, 0.3) is 0 Å². The first-order chi connectivity index (χ1) is 16.6. The minimum Gasteiger partial charge on any atom is -0.507 e. The molecule has 176 valence electrons. The van der Waals surface area contributed by atoms with E-state index in [1.807, 2.05) is 49.4 Å². The van der Waals surface area contributed by atoms with Crippen molar-refractivity contribution in [3.05, 3.63) is 78.1 Å². The number of aromatic hydroxyl groups is 1. The van der Waals surface area contributed by atoms with Crippen LogP contribution in [0.1, 0.15) is 20.4 Å². The molecule has 1 atom stereocenters. The van der Waals surface area contributed by atoms with E-state index >= 15 is 0 Å². The number of amides is 1. The Balaban J connectivity index is 0.00000180. The Morgan fingerprint density at radius 1 is 1.21 bits per heavy atom. The number of phenolic OH excluding ortho intramolecular Hbond substituents is 1. The van der Waals surface area contributed by atoms with Crippen LogP contribution in [0.15, 0.2) is 67.0 Å². The van der Waals surface area contributed by atoms with Crippen LogP contribution < -0.4 is 10.2 Å². The second kappa shape index (κ2) is 9.35. The lowest BCUT2D eigenvalue weighted by Crippen LogP contribution is -2.37. The van der Waals surface area contributed by atoms with E-state index in [1.54, 1.807) is 24.5 Å². The number of pyridine rings is 1. The molecule has 0 radical (unpaired) electrons. The van der Waals surface area contributed by atoms with Crippen molar-refractivity contribution < 1.29 is 17.5 Å². The Bertz CT molecular complexity index is 1340. The summed E-state index contributed by atoms with van der Waals surface area (Å²) in [4.78, 5) is 28.1. The van der Waals surface area contributed by atoms with Crippen molar-refractivity contribution in [1.29, 1.82) is 0 Å². The number of rotatable bonds is 5. The summed E-state index contributed by atoms with van der Waals surface area (Å²) in [6, 6.07) is 16.8. The topological polar surface area (TPSA) is 100 Å². The van der Waals surface area contributed by atoms with Gasteiger partial charge in [0.1, 0.15) is 18.2 Å². The van der Waals surface area contributed by atoms with E-state index in [9.17, 15) is 9.90 Å². The maximum atomic E-state index is 12.3. The molecule has 34 heavy (non-hydrogen) atoms. The molecule has 1 aliphatic rings. The fourth-order valence-electron chi connectivity index (χ4n) is 4.16. The molecule has 8 nitrogen and oxygen atoms in total. The highest BCUT2D eigenvalue weighted by atomic mass is 16.5. The molecule has 1 aliphatic heterocycles. The number of carbonyl (C=O) groups is 1. The number of nitrogens with one attached hydrogen (secondary N) is 1. The van der Waals surface area contributed by atoms with E-state index < -0.39 is 6.09 Å². The zero-order valence-electron chi connectivity index (χ0n) is 18.8. The highest BCUT2D eigenvalue weighted by Crippen LogP contribution is 2.33. The maximum Gasteiger partial charge on any atom is 0.407 e. The van der Waals surface area contributed by atoms with Gasteiger partial charge in [-0.3, -0.25) is 4.98 Å². The second-order valence-corrected chi connectivity index (χ2v) is 8.42. The Labute approximate surface area is 200 Å². The zero-order valence-corrected chi connectivity index (χ0v) is 18.8. The van der Waals surface area contributed by atoms with Crippen LogP contribution in [-0.4, -0.2) is 45.3 Å². The number of fused-ring (bicyclic) bond motifs is 1. The number of para-hydroxylation sites is 1. The average molecular weight is 460 g/mol. The lowest BCUT2D eigenvalue weighted by Gasteiger charge is -2.21. The molecule has 1 saturated heterocycles. The molecule has 4 aromatic rings. The molecule has 8 heteroatoms. The molecule has 2 N–H and O–H groups in total. The molecule has 2 aromatic carbocycles. The van der Waals surface area contributed by atoms with E-state index in [2.05, 4.69) is 15.2 Å². The third-order valence-electron chi connectivity index (χ3n) is 5.88. The Kier molecular flexibility index (Phi) is 5.95. The number of hydrogen-bond donors (Lipinski definition) is 2. The quantitative estimate of drug-likeness (QED) is 0.446. The van der Waals surface area contributed by atoms with Gasteiger partial charge in [-0.25, -0.2) is 14.8 Å². The Morgan fingerprint density at radius 3 is 2.91 bits per heavy atom. The van der Waals surface area contributed by atoms with Crippen molar-refractivity contribution in [2.24, 2.45) is 0 Å². The molecular formula is C26H29N5O3. The Morgan fingerprint density at radius 2 is 2.09 bits per heavy atom. The minimum atomic E-state index is -0.450. The molecule has 0 bridgehead atoms. The number of carbonyl (C=O) groups excluding carboxylic acids is 1. The van der Waals surface area contributed by atoms with E-state index in [0.717, 1.165) is 40.8 Å². The van der Waals surface area contributed by atoms with E-state index in [4.69, 9.17) is 14.7 Å². The fourth-order valence-corrected chi connectivity index (χ4v) is 4.16. The van der Waals surface area contributed by atoms with Crippen molar-refractivity contribution in [2.75, 3.05) is 18.0 Å². The maximum absolute atomic E-state index is 12.3. The number of nitrogens with zero attached hydrogens (tertiary/aromatic N) is 4. The Hall–Kier alpha value is -4.20. The first-order valence-electron chi connectivity index (χ1n) is 11.2. The standard InChI is InChI=1S/C26H25N5O3.2H2/c1-17-8-9-20-22(13-17)29-24(21-6-2-3-7-23(21)32)30-25(20)31-12-10-19(15-31)28-26(33)34-16-18-5-4-11-27-14-18;;/h2-9,11,13-14,19,32H,10,12,15-16H2,1H3,(H,28,33);2*1H/t19-;;/m1../s1. The van der Waals surface area contributed by atoms with Crippen LogP contribution in [0.3, 0.4) is 0 Å². The zero-order chi connectivity index (χ0) is 23.5. The highest BCUT2D eigenvalue weighted by molar-refractivity contribution is 5.92. The van der Waals surface area contributed by atoms with Gasteiger partial charge in [-0.05, 0) is 49.2 Å². The second-order valence-electron chi connectivity index (χ2n) is 8.42. The third kappa shape index (κ3) is 4.61. The monoisotopic (exact) mass is 459 g/mol. The summed E-state index contributed by atoms with van der Waals surface area (Å²) >= 11 is 0. The summed E-state index contributed by atoms with van der Waals surface area (Å²) < 4.78 is 5.34. The lowest BCUT2D eigenvalue weighted by atomic mass is 10.1. The van der Waals surface area contributed by atoms with Gasteiger partial charge in [0.2, 0.25) is 0 Å². The normalized spacial score (nSPS) is 15.4. The van der Waals surface area contributed by atoms with Gasteiger partial charge in [0.15, 0.2) is 5.82 Å². The SMILES string of the molecule is Cc1ccc2c(N3CC[C@@H](NC(=O)OCc4cccnc4)C3)nc(-c3ccccc3O)nc2c1.[HH].[HH]. The van der Waals surface area contributed by atoms with Crippen LogP contribution in [0.5, 0.6) is 5.75 Å². The number of phenols is 1. The summed E-state index contributed by atoms with van der Waals surface area (Å²) in [6.07, 6.45) is 3.67. The van der Waals surface area contributed by atoms with Gasteiger partial charge in [-0.15, -0.1) is 0 Å². The number of ether oxygens (including phenoxy) is 1. The highest BCUT2D eigenvalue weighted by Gasteiger charge is 2.27. The van der Waals surface area contributed by atoms with Crippen molar-refractivity contribution >= 4 is 22.8 Å². The molecule has 1 fully saturated rings. The van der Waals surface area contributed by atoms with Crippen molar-refractivity contribution in [3.63, 3.8) is 0 Å². The van der Waals surface area contributed by atoms with Crippen LogP contribution in [-0.2, 0) is 11.3 Å². The molecule has 3 heterocycles. The minimum absolute atomic E-state index is 0. The number of aromatic nitrogens is 3. The van der Waals surface area contributed by atoms with E-state index in [0.29, 0.717) is 17.9 Å². The van der Waals surface area contributed by atoms with Crippen molar-refractivity contribution in [2.45, 2.75) is 26.0 Å². The van der Waals surface area contributed by atoms with Crippen LogP contribution in [0.4, 0.5) is 10.6 Å². The summed E-state index contributed by atoms with van der Waals surface area (Å²) in [5, 5.41) is 14.3. The lowest BCUT2D eigenvalue weighted by molar-refractivity contribution is 0.136. The molecular weight excluding hydrogens is 430 g/mol. The molecule has 0 spiro atoms.